The minimum atomic E-state index is -0.257. The third-order valence-corrected chi connectivity index (χ3v) is 6.58. The van der Waals surface area contributed by atoms with Gasteiger partial charge in [-0.25, -0.2) is 0 Å². The van der Waals surface area contributed by atoms with E-state index in [1.54, 1.807) is 31.4 Å². The maximum Gasteiger partial charge on any atom is 0.291 e. The van der Waals surface area contributed by atoms with Crippen LogP contribution in [0.25, 0.3) is 22.4 Å². The van der Waals surface area contributed by atoms with Gasteiger partial charge in [-0.15, -0.1) is 5.10 Å². The normalized spacial score (nSPS) is 11.8. The summed E-state index contributed by atoms with van der Waals surface area (Å²) in [6.07, 6.45) is 1.78. The van der Waals surface area contributed by atoms with Gasteiger partial charge in [-0.05, 0) is 47.5 Å². The van der Waals surface area contributed by atoms with Crippen LogP contribution >= 0.6 is 34.5 Å². The lowest BCUT2D eigenvalue weighted by molar-refractivity contribution is 0.284. The minimum Gasteiger partial charge on any atom is -0.493 e. The molecular formula is C25H17Cl2N3O3S. The third-order valence-electron chi connectivity index (χ3n) is 5.08. The first-order valence-corrected chi connectivity index (χ1v) is 11.8. The molecule has 0 amide bonds. The van der Waals surface area contributed by atoms with Crippen LogP contribution in [0.5, 0.6) is 11.5 Å². The molecule has 34 heavy (non-hydrogen) atoms. The summed E-state index contributed by atoms with van der Waals surface area (Å²) in [6, 6.07) is 20.5. The van der Waals surface area contributed by atoms with Crippen LogP contribution in [0.1, 0.15) is 11.1 Å². The van der Waals surface area contributed by atoms with E-state index in [0.29, 0.717) is 49.0 Å². The molecule has 170 valence electrons. The van der Waals surface area contributed by atoms with Gasteiger partial charge in [-0.3, -0.25) is 4.79 Å². The van der Waals surface area contributed by atoms with Crippen molar-refractivity contribution in [3.8, 4) is 22.9 Å². The van der Waals surface area contributed by atoms with Gasteiger partial charge in [0.05, 0.1) is 16.7 Å². The maximum atomic E-state index is 12.9. The van der Waals surface area contributed by atoms with Crippen LogP contribution < -0.4 is 19.6 Å². The van der Waals surface area contributed by atoms with Crippen molar-refractivity contribution in [2.75, 3.05) is 7.11 Å². The molecule has 5 rings (SSSR count). The number of thiazole rings is 1. The number of rotatable bonds is 6. The molecule has 2 aromatic heterocycles. The number of hydrogen-bond acceptors (Lipinski definition) is 6. The van der Waals surface area contributed by atoms with Crippen LogP contribution in [0.2, 0.25) is 10.0 Å². The van der Waals surface area contributed by atoms with Crippen molar-refractivity contribution in [2.45, 2.75) is 6.61 Å². The Morgan fingerprint density at radius 2 is 1.85 bits per heavy atom. The van der Waals surface area contributed by atoms with Crippen molar-refractivity contribution >= 4 is 45.6 Å². The molecule has 0 spiro atoms. The predicted molar refractivity (Wildman–Crippen MR) is 135 cm³/mol. The first kappa shape index (κ1) is 22.4. The minimum absolute atomic E-state index is 0.257. The van der Waals surface area contributed by atoms with E-state index in [2.05, 4.69) is 10.1 Å². The van der Waals surface area contributed by atoms with Gasteiger partial charge < -0.3 is 9.47 Å². The average molecular weight is 510 g/mol. The van der Waals surface area contributed by atoms with E-state index >= 15 is 0 Å². The zero-order valence-corrected chi connectivity index (χ0v) is 20.2. The second-order valence-corrected chi connectivity index (χ2v) is 9.21. The molecule has 6 nitrogen and oxygen atoms in total. The van der Waals surface area contributed by atoms with Crippen molar-refractivity contribution in [2.24, 2.45) is 0 Å². The average Bonchev–Trinajstić information content (AvgIpc) is 3.37. The third kappa shape index (κ3) is 4.50. The number of aromatic nitrogens is 3. The Bertz CT molecular complexity index is 1600. The van der Waals surface area contributed by atoms with Crippen LogP contribution in [-0.4, -0.2) is 21.7 Å². The second kappa shape index (κ2) is 9.46. The monoisotopic (exact) mass is 509 g/mol. The Morgan fingerprint density at radius 3 is 2.59 bits per heavy atom. The van der Waals surface area contributed by atoms with Crippen LogP contribution in [-0.2, 0) is 6.61 Å². The zero-order chi connectivity index (χ0) is 23.7. The molecule has 9 heteroatoms. The van der Waals surface area contributed by atoms with E-state index in [9.17, 15) is 4.79 Å². The van der Waals surface area contributed by atoms with Crippen molar-refractivity contribution < 1.29 is 9.47 Å². The van der Waals surface area contributed by atoms with E-state index in [4.69, 9.17) is 32.7 Å². The summed E-state index contributed by atoms with van der Waals surface area (Å²) in [5.41, 5.74) is 2.21. The number of methoxy groups -OCH3 is 1. The highest BCUT2D eigenvalue weighted by atomic mass is 35.5. The summed E-state index contributed by atoms with van der Waals surface area (Å²) >= 11 is 13.5. The quantitative estimate of drug-likeness (QED) is 0.312. The zero-order valence-electron chi connectivity index (χ0n) is 17.9. The highest BCUT2D eigenvalue weighted by Crippen LogP contribution is 2.30. The SMILES string of the molecule is COc1cc(C=c2sc3nc(-c4ccc(Cl)cc4Cl)nn3c2=O)ccc1OCc1ccccc1. The van der Waals surface area contributed by atoms with Crippen LogP contribution in [0.15, 0.2) is 71.5 Å². The van der Waals surface area contributed by atoms with Gasteiger partial charge in [0.15, 0.2) is 17.3 Å². The molecular weight excluding hydrogens is 493 g/mol. The molecule has 0 N–H and O–H groups in total. The van der Waals surface area contributed by atoms with Gasteiger partial charge in [-0.2, -0.15) is 9.50 Å². The molecule has 2 heterocycles. The van der Waals surface area contributed by atoms with Crippen molar-refractivity contribution in [1.82, 2.24) is 14.6 Å². The lowest BCUT2D eigenvalue weighted by Gasteiger charge is -2.11. The molecule has 0 bridgehead atoms. The van der Waals surface area contributed by atoms with Gasteiger partial charge in [-0.1, -0.05) is 70.9 Å². The maximum absolute atomic E-state index is 12.9. The fourth-order valence-corrected chi connectivity index (χ4v) is 4.80. The molecule has 0 radical (unpaired) electrons. The Morgan fingerprint density at radius 1 is 1.03 bits per heavy atom. The molecule has 0 aliphatic heterocycles. The highest BCUT2D eigenvalue weighted by molar-refractivity contribution is 7.15. The predicted octanol–water partition coefficient (Wildman–Crippen LogP) is 5.26. The largest absolute Gasteiger partial charge is 0.493 e. The molecule has 0 aliphatic rings. The summed E-state index contributed by atoms with van der Waals surface area (Å²) in [7, 11) is 1.58. The van der Waals surface area contributed by atoms with Crippen LogP contribution in [0.3, 0.4) is 0 Å². The summed E-state index contributed by atoms with van der Waals surface area (Å²) in [6.45, 7) is 0.429. The van der Waals surface area contributed by atoms with Crippen LogP contribution in [0, 0.1) is 0 Å². The van der Waals surface area contributed by atoms with E-state index < -0.39 is 0 Å². The summed E-state index contributed by atoms with van der Waals surface area (Å²) in [5.74, 6) is 1.58. The van der Waals surface area contributed by atoms with Crippen molar-refractivity contribution in [1.29, 1.82) is 0 Å². The first-order valence-electron chi connectivity index (χ1n) is 10.2. The molecule has 0 aliphatic carbocycles. The lowest BCUT2D eigenvalue weighted by Crippen LogP contribution is -2.23. The van der Waals surface area contributed by atoms with Crippen LogP contribution in [0.4, 0.5) is 0 Å². The Hall–Kier alpha value is -3.39. The van der Waals surface area contributed by atoms with Gasteiger partial charge in [0.1, 0.15) is 6.61 Å². The topological polar surface area (TPSA) is 65.7 Å². The molecule has 0 unspecified atom stereocenters. The van der Waals surface area contributed by atoms with E-state index in [1.165, 1.54) is 15.9 Å². The fourth-order valence-electron chi connectivity index (χ4n) is 3.40. The summed E-state index contributed by atoms with van der Waals surface area (Å²) < 4.78 is 13.2. The molecule has 0 saturated heterocycles. The van der Waals surface area contributed by atoms with Gasteiger partial charge >= 0.3 is 0 Å². The summed E-state index contributed by atoms with van der Waals surface area (Å²) in [4.78, 5) is 17.9. The fraction of sp³-hybridized carbons (Fsp3) is 0.0800. The van der Waals surface area contributed by atoms with E-state index in [1.807, 2.05) is 48.5 Å². The smallest absolute Gasteiger partial charge is 0.291 e. The van der Waals surface area contributed by atoms with Gasteiger partial charge in [0, 0.05) is 10.6 Å². The standard InChI is InChI=1S/C25H17Cl2N3O3S/c1-32-21-11-16(7-10-20(21)33-14-15-5-3-2-4-6-15)12-22-24(31)30-25(34-22)28-23(29-30)18-9-8-17(26)13-19(18)27/h2-13H,14H2,1H3. The summed E-state index contributed by atoms with van der Waals surface area (Å²) in [5, 5.41) is 5.29. The van der Waals surface area contributed by atoms with E-state index in [0.717, 1.165) is 11.1 Å². The Balaban J connectivity index is 1.44. The molecule has 5 aromatic rings. The second-order valence-electron chi connectivity index (χ2n) is 7.35. The Kier molecular flexibility index (Phi) is 6.24. The number of ether oxygens (including phenoxy) is 2. The number of nitrogens with zero attached hydrogens (tertiary/aromatic N) is 3. The number of halogens is 2. The lowest BCUT2D eigenvalue weighted by atomic mass is 10.2. The molecule has 0 fully saturated rings. The number of hydrogen-bond donors (Lipinski definition) is 0. The van der Waals surface area contributed by atoms with Gasteiger partial charge in [0.25, 0.3) is 5.56 Å². The van der Waals surface area contributed by atoms with E-state index in [-0.39, 0.29) is 5.56 Å². The van der Waals surface area contributed by atoms with Crippen molar-refractivity contribution in [3.63, 3.8) is 0 Å². The number of fused-ring (bicyclic) bond motifs is 1. The first-order chi connectivity index (χ1) is 16.5. The molecule has 0 atom stereocenters. The Labute approximate surface area is 208 Å². The molecule has 0 saturated carbocycles. The molecule has 3 aromatic carbocycles. The number of benzene rings is 3. The highest BCUT2D eigenvalue weighted by Gasteiger charge is 2.15. The van der Waals surface area contributed by atoms with Gasteiger partial charge in [0.2, 0.25) is 4.96 Å². The van der Waals surface area contributed by atoms with Crippen molar-refractivity contribution in [3.05, 3.63) is 103 Å².